The Balaban J connectivity index is 1.96. The molecule has 27 heavy (non-hydrogen) atoms. The van der Waals surface area contributed by atoms with Crippen LogP contribution < -0.4 is 0 Å². The number of amides is 1. The molecule has 0 bridgehead atoms. The number of alkyl halides is 3. The van der Waals surface area contributed by atoms with Crippen molar-refractivity contribution in [3.8, 4) is 0 Å². The summed E-state index contributed by atoms with van der Waals surface area (Å²) in [5.74, 6) is -8.02. The van der Waals surface area contributed by atoms with Crippen molar-refractivity contribution in [1.29, 1.82) is 0 Å². The largest absolute Gasteiger partial charge is 0.481 e. The number of carbonyl (C=O) groups is 2. The minimum absolute atomic E-state index is 0.0475. The van der Waals surface area contributed by atoms with Gasteiger partial charge in [0, 0.05) is 24.7 Å². The zero-order chi connectivity index (χ0) is 20.0. The predicted molar refractivity (Wildman–Crippen MR) is 83.8 cm³/mol. The molecule has 2 fully saturated rings. The zero-order valence-electron chi connectivity index (χ0n) is 14.2. The van der Waals surface area contributed by atoms with Gasteiger partial charge in [0.05, 0.1) is 17.3 Å². The van der Waals surface area contributed by atoms with Gasteiger partial charge in [0.2, 0.25) is 5.91 Å². The summed E-state index contributed by atoms with van der Waals surface area (Å²) < 4.78 is 67.3. The lowest BCUT2D eigenvalue weighted by atomic mass is 9.77. The average Bonchev–Trinajstić information content (AvgIpc) is 3.22. The van der Waals surface area contributed by atoms with Gasteiger partial charge in [-0.2, -0.15) is 13.2 Å². The number of likely N-dealkylation sites (tertiary alicyclic amines) is 1. The topological polar surface area (TPSA) is 57.6 Å². The third kappa shape index (κ3) is 3.39. The van der Waals surface area contributed by atoms with Crippen molar-refractivity contribution in [1.82, 2.24) is 4.90 Å². The maximum absolute atomic E-state index is 14.4. The monoisotopic (exact) mass is 391 g/mol. The molecule has 9 heteroatoms. The number of carboxylic acids is 1. The van der Waals surface area contributed by atoms with Crippen LogP contribution in [0.2, 0.25) is 0 Å². The van der Waals surface area contributed by atoms with Gasteiger partial charge in [-0.05, 0) is 18.9 Å². The number of aliphatic carboxylic acids is 1. The molecular weight excluding hydrogens is 373 g/mol. The van der Waals surface area contributed by atoms with Crippen LogP contribution in [0.3, 0.4) is 0 Å². The molecule has 1 saturated heterocycles. The summed E-state index contributed by atoms with van der Waals surface area (Å²) in [7, 11) is 0. The molecule has 2 atom stereocenters. The normalized spacial score (nSPS) is 25.0. The second-order valence-corrected chi connectivity index (χ2v) is 7.22. The van der Waals surface area contributed by atoms with Crippen LogP contribution in [0, 0.1) is 23.5 Å². The molecule has 3 rings (SSSR count). The predicted octanol–water partition coefficient (Wildman–Crippen LogP) is 3.50. The van der Waals surface area contributed by atoms with Crippen LogP contribution in [-0.2, 0) is 15.0 Å². The van der Waals surface area contributed by atoms with E-state index in [1.807, 2.05) is 0 Å². The van der Waals surface area contributed by atoms with Crippen LogP contribution in [0.25, 0.3) is 0 Å². The summed E-state index contributed by atoms with van der Waals surface area (Å²) in [4.78, 5) is 25.3. The lowest BCUT2D eigenvalue weighted by Crippen LogP contribution is -2.45. The molecule has 0 spiro atoms. The fourth-order valence-electron chi connectivity index (χ4n) is 4.31. The van der Waals surface area contributed by atoms with Gasteiger partial charge in [0.15, 0.2) is 0 Å². The van der Waals surface area contributed by atoms with Gasteiger partial charge in [0.25, 0.3) is 0 Å². The Morgan fingerprint density at radius 3 is 2.22 bits per heavy atom. The summed E-state index contributed by atoms with van der Waals surface area (Å²) in [5, 5.41) is 9.13. The third-order valence-corrected chi connectivity index (χ3v) is 5.66. The standard InChI is InChI=1S/C18H18F5NO3/c19-10-3-4-12(14(20)7-10)17(5-1-2-6-17)16(27)24-8-11(15(25)26)13(9-24)18(21,22)23/h3-4,7,11,13H,1-2,5-6,8-9H2,(H,25,26)/t11-,13-/m1/s1. The summed E-state index contributed by atoms with van der Waals surface area (Å²) >= 11 is 0. The molecule has 0 radical (unpaired) electrons. The Morgan fingerprint density at radius 1 is 1.11 bits per heavy atom. The minimum Gasteiger partial charge on any atom is -0.481 e. The van der Waals surface area contributed by atoms with Gasteiger partial charge in [-0.1, -0.05) is 18.9 Å². The molecule has 0 unspecified atom stereocenters. The summed E-state index contributed by atoms with van der Waals surface area (Å²) in [6.07, 6.45) is -3.18. The molecule has 2 aliphatic rings. The number of halogens is 5. The number of carboxylic acid groups (broad SMARTS) is 1. The summed E-state index contributed by atoms with van der Waals surface area (Å²) in [5.41, 5.74) is -1.44. The smallest absolute Gasteiger partial charge is 0.394 e. The van der Waals surface area contributed by atoms with Gasteiger partial charge in [-0.3, -0.25) is 9.59 Å². The molecule has 148 valence electrons. The first-order valence-electron chi connectivity index (χ1n) is 8.61. The number of rotatable bonds is 3. The van der Waals surface area contributed by atoms with Crippen LogP contribution >= 0.6 is 0 Å². The molecule has 1 aromatic rings. The maximum atomic E-state index is 14.4. The van der Waals surface area contributed by atoms with E-state index in [1.165, 1.54) is 0 Å². The highest BCUT2D eigenvalue weighted by molar-refractivity contribution is 5.89. The molecule has 1 aliphatic carbocycles. The van der Waals surface area contributed by atoms with E-state index in [2.05, 4.69) is 0 Å². The molecule has 1 N–H and O–H groups in total. The Kier molecular flexibility index (Phi) is 4.90. The van der Waals surface area contributed by atoms with Crippen molar-refractivity contribution < 1.29 is 36.6 Å². The Bertz CT molecular complexity index is 758. The average molecular weight is 391 g/mol. The molecule has 0 aromatic heterocycles. The van der Waals surface area contributed by atoms with Crippen LogP contribution in [0.4, 0.5) is 22.0 Å². The molecular formula is C18H18F5NO3. The number of hydrogen-bond donors (Lipinski definition) is 1. The molecule has 1 saturated carbocycles. The first kappa shape index (κ1) is 19.6. The first-order valence-corrected chi connectivity index (χ1v) is 8.61. The van der Waals surface area contributed by atoms with Crippen molar-refractivity contribution in [2.24, 2.45) is 11.8 Å². The van der Waals surface area contributed by atoms with Gasteiger partial charge >= 0.3 is 12.1 Å². The second-order valence-electron chi connectivity index (χ2n) is 7.22. The lowest BCUT2D eigenvalue weighted by molar-refractivity contribution is -0.188. The maximum Gasteiger partial charge on any atom is 0.394 e. The van der Waals surface area contributed by atoms with Gasteiger partial charge < -0.3 is 10.0 Å². The van der Waals surface area contributed by atoms with E-state index in [-0.39, 0.29) is 18.4 Å². The van der Waals surface area contributed by atoms with Crippen molar-refractivity contribution in [3.05, 3.63) is 35.4 Å². The van der Waals surface area contributed by atoms with Gasteiger partial charge in [-0.15, -0.1) is 0 Å². The quantitative estimate of drug-likeness (QED) is 0.803. The summed E-state index contributed by atoms with van der Waals surface area (Å²) in [6.45, 7) is -1.35. The molecule has 1 heterocycles. The SMILES string of the molecule is O=C(O)[C@@H]1CN(C(=O)C2(c3ccc(F)cc3F)CCCC2)C[C@H]1C(F)(F)F. The zero-order valence-corrected chi connectivity index (χ0v) is 14.2. The van der Waals surface area contributed by atoms with E-state index < -0.39 is 60.0 Å². The van der Waals surface area contributed by atoms with Crippen LogP contribution in [0.1, 0.15) is 31.2 Å². The van der Waals surface area contributed by atoms with Crippen LogP contribution in [0.5, 0.6) is 0 Å². The Morgan fingerprint density at radius 2 is 1.74 bits per heavy atom. The van der Waals surface area contributed by atoms with E-state index in [0.29, 0.717) is 18.9 Å². The van der Waals surface area contributed by atoms with E-state index in [0.717, 1.165) is 17.0 Å². The number of nitrogens with zero attached hydrogens (tertiary/aromatic N) is 1. The second kappa shape index (κ2) is 6.76. The number of benzene rings is 1. The summed E-state index contributed by atoms with van der Waals surface area (Å²) in [6, 6.07) is 2.80. The number of carbonyl (C=O) groups excluding carboxylic acids is 1. The molecule has 1 aromatic carbocycles. The first-order chi connectivity index (χ1) is 12.6. The minimum atomic E-state index is -4.76. The van der Waals surface area contributed by atoms with E-state index in [1.54, 1.807) is 0 Å². The Labute approximate surface area is 152 Å². The van der Waals surface area contributed by atoms with Crippen molar-refractivity contribution >= 4 is 11.9 Å². The van der Waals surface area contributed by atoms with E-state index in [9.17, 15) is 31.5 Å². The van der Waals surface area contributed by atoms with E-state index in [4.69, 9.17) is 5.11 Å². The highest BCUT2D eigenvalue weighted by atomic mass is 19.4. The molecule has 4 nitrogen and oxygen atoms in total. The Hall–Kier alpha value is -2.19. The van der Waals surface area contributed by atoms with Crippen molar-refractivity contribution in [2.75, 3.05) is 13.1 Å². The lowest BCUT2D eigenvalue weighted by Gasteiger charge is -2.33. The fourth-order valence-corrected chi connectivity index (χ4v) is 4.31. The third-order valence-electron chi connectivity index (χ3n) is 5.66. The highest BCUT2D eigenvalue weighted by Crippen LogP contribution is 2.46. The van der Waals surface area contributed by atoms with Crippen LogP contribution in [-0.4, -0.2) is 41.1 Å². The number of hydrogen-bond acceptors (Lipinski definition) is 2. The van der Waals surface area contributed by atoms with Gasteiger partial charge in [0.1, 0.15) is 11.6 Å². The fraction of sp³-hybridized carbons (Fsp3) is 0.556. The van der Waals surface area contributed by atoms with Crippen molar-refractivity contribution in [2.45, 2.75) is 37.3 Å². The van der Waals surface area contributed by atoms with Crippen molar-refractivity contribution in [3.63, 3.8) is 0 Å². The van der Waals surface area contributed by atoms with Crippen LogP contribution in [0.15, 0.2) is 18.2 Å². The van der Waals surface area contributed by atoms with Gasteiger partial charge in [-0.25, -0.2) is 8.78 Å². The highest BCUT2D eigenvalue weighted by Gasteiger charge is 2.56. The molecule has 1 aliphatic heterocycles. The van der Waals surface area contributed by atoms with E-state index >= 15 is 0 Å². The molecule has 1 amide bonds.